The lowest BCUT2D eigenvalue weighted by atomic mass is 10.1. The zero-order valence-electron chi connectivity index (χ0n) is 12.4. The number of rotatable bonds is 9. The molecule has 0 bridgehead atoms. The van der Waals surface area contributed by atoms with Crippen molar-refractivity contribution in [1.82, 2.24) is 10.0 Å². The Morgan fingerprint density at radius 1 is 1.35 bits per heavy atom. The van der Waals surface area contributed by atoms with Crippen LogP contribution in [0.25, 0.3) is 0 Å². The van der Waals surface area contributed by atoms with Crippen molar-refractivity contribution in [2.24, 2.45) is 5.92 Å². The fourth-order valence-corrected chi connectivity index (χ4v) is 3.41. The molecule has 0 radical (unpaired) electrons. The molecule has 0 unspecified atom stereocenters. The second kappa shape index (κ2) is 8.59. The van der Waals surface area contributed by atoms with Gasteiger partial charge in [-0.1, -0.05) is 12.8 Å². The predicted molar refractivity (Wildman–Crippen MR) is 77.8 cm³/mol. The molecule has 0 saturated heterocycles. The van der Waals surface area contributed by atoms with Crippen LogP contribution in [0.3, 0.4) is 0 Å². The molecule has 20 heavy (non-hydrogen) atoms. The molecule has 1 atom stereocenters. The molecule has 118 valence electrons. The maximum Gasteiger partial charge on any atom is 0.237 e. The number of hydrogen-bond donors (Lipinski definition) is 2. The van der Waals surface area contributed by atoms with Crippen molar-refractivity contribution >= 4 is 15.9 Å². The first-order chi connectivity index (χ1) is 9.44. The van der Waals surface area contributed by atoms with Crippen LogP contribution in [0.1, 0.15) is 39.5 Å². The summed E-state index contributed by atoms with van der Waals surface area (Å²) in [5.74, 6) is 0.159. The van der Waals surface area contributed by atoms with Crippen molar-refractivity contribution in [3.05, 3.63) is 0 Å². The second-order valence-corrected chi connectivity index (χ2v) is 7.15. The summed E-state index contributed by atoms with van der Waals surface area (Å²) in [5, 5.41) is 2.58. The third kappa shape index (κ3) is 6.67. The number of amides is 1. The van der Waals surface area contributed by atoms with E-state index in [2.05, 4.69) is 10.0 Å². The van der Waals surface area contributed by atoms with Crippen molar-refractivity contribution in [3.8, 4) is 0 Å². The van der Waals surface area contributed by atoms with Gasteiger partial charge in [0.05, 0.1) is 18.4 Å². The van der Waals surface area contributed by atoms with Crippen LogP contribution in [0, 0.1) is 5.92 Å². The molecule has 1 amide bonds. The minimum Gasteiger partial charge on any atom is -0.380 e. The highest BCUT2D eigenvalue weighted by molar-refractivity contribution is 7.89. The molecule has 0 aromatic heterocycles. The van der Waals surface area contributed by atoms with Gasteiger partial charge in [-0.05, 0) is 32.6 Å². The lowest BCUT2D eigenvalue weighted by Gasteiger charge is -2.14. The fraction of sp³-hybridized carbons (Fsp3) is 0.923. The highest BCUT2D eigenvalue weighted by Crippen LogP contribution is 2.24. The first-order valence-corrected chi connectivity index (χ1v) is 8.95. The van der Waals surface area contributed by atoms with Gasteiger partial charge in [0.2, 0.25) is 15.9 Å². The van der Waals surface area contributed by atoms with Gasteiger partial charge in [-0.15, -0.1) is 0 Å². The summed E-state index contributed by atoms with van der Waals surface area (Å²) < 4.78 is 31.3. The molecule has 7 heteroatoms. The van der Waals surface area contributed by atoms with E-state index < -0.39 is 16.1 Å². The molecule has 1 rings (SSSR count). The highest BCUT2D eigenvalue weighted by Gasteiger charge is 2.20. The molecule has 1 aliphatic carbocycles. The zero-order valence-corrected chi connectivity index (χ0v) is 13.2. The predicted octanol–water partition coefficient (Wildman–Crippen LogP) is 0.637. The molecule has 0 aromatic carbocycles. The lowest BCUT2D eigenvalue weighted by Crippen LogP contribution is -2.45. The number of carbonyl (C=O) groups is 1. The van der Waals surface area contributed by atoms with E-state index in [-0.39, 0.29) is 18.3 Å². The molecule has 2 N–H and O–H groups in total. The van der Waals surface area contributed by atoms with Crippen LogP contribution < -0.4 is 10.0 Å². The average molecular weight is 306 g/mol. The Morgan fingerprint density at radius 3 is 2.60 bits per heavy atom. The van der Waals surface area contributed by atoms with E-state index in [1.165, 1.54) is 32.6 Å². The van der Waals surface area contributed by atoms with Crippen LogP contribution in [0.15, 0.2) is 0 Å². The molecule has 0 aromatic rings. The van der Waals surface area contributed by atoms with Crippen molar-refractivity contribution < 1.29 is 17.9 Å². The van der Waals surface area contributed by atoms with E-state index >= 15 is 0 Å². The number of sulfonamides is 1. The van der Waals surface area contributed by atoms with Crippen LogP contribution in [0.5, 0.6) is 0 Å². The van der Waals surface area contributed by atoms with E-state index in [4.69, 9.17) is 4.74 Å². The van der Waals surface area contributed by atoms with E-state index in [1.807, 2.05) is 0 Å². The Labute approximate surface area is 121 Å². The Bertz CT molecular complexity index is 391. The molecule has 0 aliphatic heterocycles. The third-order valence-electron chi connectivity index (χ3n) is 3.43. The summed E-state index contributed by atoms with van der Waals surface area (Å²) in [6, 6.07) is -0.755. The standard InChI is InChI=1S/C13H26N2O4S/c1-3-14-13(16)11(2)15-20(17,18)9-8-19-10-12-6-4-5-7-12/h11-12,15H,3-10H2,1-2H3,(H,14,16)/t11-/m1/s1. The van der Waals surface area contributed by atoms with Crippen molar-refractivity contribution in [2.75, 3.05) is 25.5 Å². The third-order valence-corrected chi connectivity index (χ3v) is 4.84. The van der Waals surface area contributed by atoms with E-state index in [0.29, 0.717) is 19.1 Å². The molecule has 1 saturated carbocycles. The highest BCUT2D eigenvalue weighted by atomic mass is 32.2. The largest absolute Gasteiger partial charge is 0.380 e. The Balaban J connectivity index is 2.21. The van der Waals surface area contributed by atoms with Gasteiger partial charge in [0.1, 0.15) is 0 Å². The Hall–Kier alpha value is -0.660. The Morgan fingerprint density at radius 2 is 2.00 bits per heavy atom. The fourth-order valence-electron chi connectivity index (χ4n) is 2.30. The van der Waals surface area contributed by atoms with Crippen LogP contribution in [-0.4, -0.2) is 45.9 Å². The SMILES string of the molecule is CCNC(=O)[C@@H](C)NS(=O)(=O)CCOCC1CCCC1. The maximum absolute atomic E-state index is 11.8. The summed E-state index contributed by atoms with van der Waals surface area (Å²) in [5.41, 5.74) is 0. The van der Waals surface area contributed by atoms with Crippen molar-refractivity contribution in [1.29, 1.82) is 0 Å². The van der Waals surface area contributed by atoms with Crippen LogP contribution in [-0.2, 0) is 19.6 Å². The number of carbonyl (C=O) groups excluding carboxylic acids is 1. The van der Waals surface area contributed by atoms with Gasteiger partial charge < -0.3 is 10.1 Å². The van der Waals surface area contributed by atoms with Crippen molar-refractivity contribution in [3.63, 3.8) is 0 Å². The van der Waals surface area contributed by atoms with Gasteiger partial charge in [-0.3, -0.25) is 4.79 Å². The average Bonchev–Trinajstić information content (AvgIpc) is 2.87. The first-order valence-electron chi connectivity index (χ1n) is 7.30. The molecule has 0 spiro atoms. The number of hydrogen-bond acceptors (Lipinski definition) is 4. The summed E-state index contributed by atoms with van der Waals surface area (Å²) in [6.45, 7) is 4.61. The lowest BCUT2D eigenvalue weighted by molar-refractivity contribution is -0.122. The molecule has 6 nitrogen and oxygen atoms in total. The molecular weight excluding hydrogens is 280 g/mol. The number of likely N-dealkylation sites (N-methyl/N-ethyl adjacent to an activating group) is 1. The summed E-state index contributed by atoms with van der Waals surface area (Å²) in [7, 11) is -3.48. The normalized spacial score (nSPS) is 18.1. The van der Waals surface area contributed by atoms with Gasteiger partial charge in [-0.2, -0.15) is 0 Å². The van der Waals surface area contributed by atoms with Crippen LogP contribution >= 0.6 is 0 Å². The smallest absolute Gasteiger partial charge is 0.237 e. The summed E-state index contributed by atoms with van der Waals surface area (Å²) in [4.78, 5) is 11.5. The zero-order chi connectivity index (χ0) is 15.0. The molecule has 0 heterocycles. The Kier molecular flexibility index (Phi) is 7.47. The second-order valence-electron chi connectivity index (χ2n) is 5.28. The van der Waals surface area contributed by atoms with E-state index in [1.54, 1.807) is 6.92 Å². The number of nitrogens with one attached hydrogen (secondary N) is 2. The minimum atomic E-state index is -3.48. The van der Waals surface area contributed by atoms with Gasteiger partial charge in [0.15, 0.2) is 0 Å². The quantitative estimate of drug-likeness (QED) is 0.612. The molecule has 1 fully saturated rings. The van der Waals surface area contributed by atoms with Crippen LogP contribution in [0.4, 0.5) is 0 Å². The topological polar surface area (TPSA) is 84.5 Å². The monoisotopic (exact) mass is 306 g/mol. The van der Waals surface area contributed by atoms with E-state index in [0.717, 1.165) is 0 Å². The summed E-state index contributed by atoms with van der Waals surface area (Å²) in [6.07, 6.45) is 4.86. The van der Waals surface area contributed by atoms with Gasteiger partial charge in [0, 0.05) is 13.2 Å². The van der Waals surface area contributed by atoms with Crippen LogP contribution in [0.2, 0.25) is 0 Å². The number of ether oxygens (including phenoxy) is 1. The summed E-state index contributed by atoms with van der Waals surface area (Å²) >= 11 is 0. The minimum absolute atomic E-state index is 0.108. The van der Waals surface area contributed by atoms with Gasteiger partial charge >= 0.3 is 0 Å². The molecular formula is C13H26N2O4S. The van der Waals surface area contributed by atoms with E-state index in [9.17, 15) is 13.2 Å². The maximum atomic E-state index is 11.8. The van der Waals surface area contributed by atoms with Gasteiger partial charge in [0.25, 0.3) is 0 Å². The van der Waals surface area contributed by atoms with Crippen molar-refractivity contribution in [2.45, 2.75) is 45.6 Å². The molecule has 1 aliphatic rings. The van der Waals surface area contributed by atoms with Gasteiger partial charge in [-0.25, -0.2) is 13.1 Å². The first kappa shape index (κ1) is 17.4.